The predicted octanol–water partition coefficient (Wildman–Crippen LogP) is 4.96. The Balaban J connectivity index is 0.00000480. The van der Waals surface area contributed by atoms with E-state index in [4.69, 9.17) is 0 Å². The molecule has 0 aliphatic rings. The maximum atomic E-state index is 12.8. The smallest absolute Gasteiger partial charge is 0.234 e. The van der Waals surface area contributed by atoms with Gasteiger partial charge in [0, 0.05) is 12.0 Å². The first-order valence-corrected chi connectivity index (χ1v) is 11.5. The standard InChI is InChI=1S/C26H41N3O.ClH/c1-7-28(6)18-17-26(21(4)5,20-27-25(30)19-29(8-2)9-3)24-16-12-14-22-13-10-11-15-23(22)24;/h10-16,21H,7-9,17-20H2,1-6H3,(H,27,30);1H. The molecule has 0 heterocycles. The predicted molar refractivity (Wildman–Crippen MR) is 136 cm³/mol. The number of fused-ring (bicyclic) bond motifs is 1. The average molecular weight is 448 g/mol. The van der Waals surface area contributed by atoms with Gasteiger partial charge in [-0.1, -0.05) is 77.1 Å². The molecule has 0 bridgehead atoms. The third-order valence-corrected chi connectivity index (χ3v) is 6.77. The maximum absolute atomic E-state index is 12.8. The van der Waals surface area contributed by atoms with Crippen LogP contribution in [0.15, 0.2) is 42.5 Å². The van der Waals surface area contributed by atoms with Gasteiger partial charge in [0.15, 0.2) is 0 Å². The Bertz CT molecular complexity index is 801. The van der Waals surface area contributed by atoms with E-state index in [9.17, 15) is 4.79 Å². The monoisotopic (exact) mass is 447 g/mol. The molecule has 0 aromatic heterocycles. The lowest BCUT2D eigenvalue weighted by Crippen LogP contribution is -2.48. The van der Waals surface area contributed by atoms with E-state index in [1.807, 2.05) is 0 Å². The Labute approximate surface area is 195 Å². The molecule has 2 aromatic rings. The first-order valence-electron chi connectivity index (χ1n) is 11.5. The third-order valence-electron chi connectivity index (χ3n) is 6.77. The molecule has 1 N–H and O–H groups in total. The number of halogens is 1. The SMILES string of the molecule is CCN(C)CCC(CNC(=O)CN(CC)CC)(c1cccc2ccccc12)C(C)C.Cl. The molecule has 174 valence electrons. The van der Waals surface area contributed by atoms with Crippen LogP contribution >= 0.6 is 12.4 Å². The van der Waals surface area contributed by atoms with Gasteiger partial charge in [0.2, 0.25) is 5.91 Å². The summed E-state index contributed by atoms with van der Waals surface area (Å²) in [6.07, 6.45) is 1.01. The van der Waals surface area contributed by atoms with E-state index >= 15 is 0 Å². The topological polar surface area (TPSA) is 35.6 Å². The summed E-state index contributed by atoms with van der Waals surface area (Å²) in [5, 5.41) is 5.87. The largest absolute Gasteiger partial charge is 0.354 e. The fourth-order valence-electron chi connectivity index (χ4n) is 4.29. The van der Waals surface area contributed by atoms with Crippen LogP contribution < -0.4 is 5.32 Å². The first kappa shape index (κ1) is 27.4. The molecular weight excluding hydrogens is 406 g/mol. The fourth-order valence-corrected chi connectivity index (χ4v) is 4.29. The number of hydrogen-bond donors (Lipinski definition) is 1. The van der Waals surface area contributed by atoms with Gasteiger partial charge in [-0.2, -0.15) is 0 Å². The number of amides is 1. The van der Waals surface area contributed by atoms with Crippen molar-refractivity contribution >= 4 is 29.1 Å². The summed E-state index contributed by atoms with van der Waals surface area (Å²) in [5.41, 5.74) is 1.23. The van der Waals surface area contributed by atoms with E-state index < -0.39 is 0 Å². The third kappa shape index (κ3) is 6.93. The highest BCUT2D eigenvalue weighted by atomic mass is 35.5. The number of hydrogen-bond acceptors (Lipinski definition) is 3. The van der Waals surface area contributed by atoms with Gasteiger partial charge < -0.3 is 10.2 Å². The molecule has 1 unspecified atom stereocenters. The zero-order valence-electron chi connectivity index (χ0n) is 20.3. The van der Waals surface area contributed by atoms with Crippen LogP contribution in [0.2, 0.25) is 0 Å². The molecule has 1 amide bonds. The van der Waals surface area contributed by atoms with Crippen LogP contribution in [0.4, 0.5) is 0 Å². The van der Waals surface area contributed by atoms with E-state index in [-0.39, 0.29) is 23.7 Å². The Morgan fingerprint density at radius 3 is 2.26 bits per heavy atom. The van der Waals surface area contributed by atoms with Crippen LogP contribution in [0, 0.1) is 5.92 Å². The normalized spacial score (nSPS) is 13.5. The minimum absolute atomic E-state index is 0. The molecular formula is C26H42ClN3O. The number of benzene rings is 2. The zero-order valence-corrected chi connectivity index (χ0v) is 21.1. The molecule has 4 nitrogen and oxygen atoms in total. The second-order valence-electron chi connectivity index (χ2n) is 8.72. The van der Waals surface area contributed by atoms with Crippen molar-refractivity contribution in [3.05, 3.63) is 48.0 Å². The summed E-state index contributed by atoms with van der Waals surface area (Å²) < 4.78 is 0. The number of nitrogens with zero attached hydrogens (tertiary/aromatic N) is 2. The quantitative estimate of drug-likeness (QED) is 0.499. The molecule has 0 saturated heterocycles. The van der Waals surface area contributed by atoms with E-state index in [0.29, 0.717) is 19.0 Å². The van der Waals surface area contributed by atoms with Crippen LogP contribution in [0.1, 0.15) is 46.6 Å². The Morgan fingerprint density at radius 2 is 1.65 bits per heavy atom. The van der Waals surface area contributed by atoms with Crippen molar-refractivity contribution < 1.29 is 4.79 Å². The van der Waals surface area contributed by atoms with Gasteiger partial charge in [-0.25, -0.2) is 0 Å². The number of carbonyl (C=O) groups is 1. The highest BCUT2D eigenvalue weighted by molar-refractivity contribution is 5.87. The number of likely N-dealkylation sites (N-methyl/N-ethyl adjacent to an activating group) is 1. The number of nitrogens with one attached hydrogen (secondary N) is 1. The molecule has 2 rings (SSSR count). The lowest BCUT2D eigenvalue weighted by molar-refractivity contribution is -0.122. The maximum Gasteiger partial charge on any atom is 0.234 e. The van der Waals surface area contributed by atoms with Crippen molar-refractivity contribution in [1.82, 2.24) is 15.1 Å². The van der Waals surface area contributed by atoms with E-state index in [0.717, 1.165) is 32.6 Å². The van der Waals surface area contributed by atoms with Gasteiger partial charge >= 0.3 is 0 Å². The van der Waals surface area contributed by atoms with Crippen molar-refractivity contribution in [2.24, 2.45) is 5.92 Å². The van der Waals surface area contributed by atoms with Gasteiger partial charge in [-0.3, -0.25) is 9.69 Å². The zero-order chi connectivity index (χ0) is 22.1. The van der Waals surface area contributed by atoms with E-state index in [1.54, 1.807) is 0 Å². The minimum Gasteiger partial charge on any atom is -0.354 e. The van der Waals surface area contributed by atoms with E-state index in [1.165, 1.54) is 16.3 Å². The van der Waals surface area contributed by atoms with Crippen molar-refractivity contribution in [1.29, 1.82) is 0 Å². The number of carbonyl (C=O) groups excluding carboxylic acids is 1. The molecule has 2 aromatic carbocycles. The van der Waals surface area contributed by atoms with Crippen LogP contribution in [-0.4, -0.2) is 62.0 Å². The van der Waals surface area contributed by atoms with Crippen LogP contribution in [0.5, 0.6) is 0 Å². The Morgan fingerprint density at radius 1 is 1.00 bits per heavy atom. The van der Waals surface area contributed by atoms with Crippen LogP contribution in [0.25, 0.3) is 10.8 Å². The van der Waals surface area contributed by atoms with Gasteiger partial charge in [0.1, 0.15) is 0 Å². The van der Waals surface area contributed by atoms with Crippen molar-refractivity contribution in [3.8, 4) is 0 Å². The Hall–Kier alpha value is -1.62. The summed E-state index contributed by atoms with van der Waals surface area (Å²) in [4.78, 5) is 17.3. The minimum atomic E-state index is -0.122. The lowest BCUT2D eigenvalue weighted by atomic mass is 9.67. The van der Waals surface area contributed by atoms with Crippen molar-refractivity contribution in [2.75, 3.05) is 46.3 Å². The van der Waals surface area contributed by atoms with Crippen LogP contribution in [-0.2, 0) is 10.2 Å². The van der Waals surface area contributed by atoms with Gasteiger partial charge in [0.05, 0.1) is 6.54 Å². The molecule has 0 spiro atoms. The molecule has 0 aliphatic carbocycles. The van der Waals surface area contributed by atoms with Gasteiger partial charge in [-0.15, -0.1) is 12.4 Å². The molecule has 31 heavy (non-hydrogen) atoms. The number of rotatable bonds is 12. The molecule has 1 atom stereocenters. The Kier molecular flexibility index (Phi) is 11.5. The molecule has 0 fully saturated rings. The summed E-state index contributed by atoms with van der Waals surface area (Å²) in [5.74, 6) is 0.509. The summed E-state index contributed by atoms with van der Waals surface area (Å²) in [6, 6.07) is 15.2. The summed E-state index contributed by atoms with van der Waals surface area (Å²) in [6.45, 7) is 15.9. The van der Waals surface area contributed by atoms with E-state index in [2.05, 4.69) is 99.2 Å². The highest BCUT2D eigenvalue weighted by Crippen LogP contribution is 2.39. The van der Waals surface area contributed by atoms with Crippen molar-refractivity contribution in [2.45, 2.75) is 46.5 Å². The average Bonchev–Trinajstić information content (AvgIpc) is 2.77. The van der Waals surface area contributed by atoms with Gasteiger partial charge in [-0.05, 0) is 61.9 Å². The molecule has 0 aliphatic heterocycles. The second-order valence-corrected chi connectivity index (χ2v) is 8.72. The molecule has 0 saturated carbocycles. The lowest BCUT2D eigenvalue weighted by Gasteiger charge is -2.40. The molecule has 5 heteroatoms. The van der Waals surface area contributed by atoms with Crippen LogP contribution in [0.3, 0.4) is 0 Å². The highest BCUT2D eigenvalue weighted by Gasteiger charge is 2.37. The second kappa shape index (κ2) is 13.0. The van der Waals surface area contributed by atoms with Crippen molar-refractivity contribution in [3.63, 3.8) is 0 Å². The molecule has 0 radical (unpaired) electrons. The first-order chi connectivity index (χ1) is 14.4. The van der Waals surface area contributed by atoms with Gasteiger partial charge in [0.25, 0.3) is 0 Å². The summed E-state index contributed by atoms with van der Waals surface area (Å²) >= 11 is 0. The fraction of sp³-hybridized carbons (Fsp3) is 0.577. The summed E-state index contributed by atoms with van der Waals surface area (Å²) in [7, 11) is 2.17.